The van der Waals surface area contributed by atoms with E-state index in [2.05, 4.69) is 6.58 Å². The molecule has 1 fully saturated rings. The van der Waals surface area contributed by atoms with Crippen molar-refractivity contribution in [3.8, 4) is 0 Å². The topological polar surface area (TPSA) is 57.6 Å². The van der Waals surface area contributed by atoms with Crippen LogP contribution in [0.4, 0.5) is 4.39 Å². The lowest BCUT2D eigenvalue weighted by atomic mass is 10.4. The fourth-order valence-electron chi connectivity index (χ4n) is 1.05. The third-order valence-electron chi connectivity index (χ3n) is 1.79. The van der Waals surface area contributed by atoms with Crippen LogP contribution in [0.25, 0.3) is 0 Å². The van der Waals surface area contributed by atoms with Gasteiger partial charge in [0.25, 0.3) is 5.91 Å². The minimum Gasteiger partial charge on any atom is -0.480 e. The molecular weight excluding hydrogens is 177 g/mol. The van der Waals surface area contributed by atoms with Crippen molar-refractivity contribution < 1.29 is 19.1 Å². The highest BCUT2D eigenvalue weighted by molar-refractivity contribution is 5.93. The summed E-state index contributed by atoms with van der Waals surface area (Å²) < 4.78 is 12.4. The van der Waals surface area contributed by atoms with E-state index < -0.39 is 24.2 Å². The zero-order valence-electron chi connectivity index (χ0n) is 6.99. The predicted molar refractivity (Wildman–Crippen MR) is 42.6 cm³/mol. The van der Waals surface area contributed by atoms with Gasteiger partial charge in [0.15, 0.2) is 5.83 Å². The Morgan fingerprint density at radius 1 is 1.54 bits per heavy atom. The first-order valence-corrected chi connectivity index (χ1v) is 3.89. The molecular formula is C8H10FNO3. The largest absolute Gasteiger partial charge is 0.480 e. The molecule has 0 aromatic carbocycles. The summed E-state index contributed by atoms with van der Waals surface area (Å²) in [6, 6.07) is -0.115. The second-order valence-corrected chi connectivity index (χ2v) is 2.96. The van der Waals surface area contributed by atoms with Gasteiger partial charge in [-0.3, -0.25) is 9.59 Å². The minimum absolute atomic E-state index is 0.115. The molecule has 0 atom stereocenters. The summed E-state index contributed by atoms with van der Waals surface area (Å²) in [6.07, 6.45) is 1.48. The SMILES string of the molecule is C=C(F)C(=O)N(CC(=O)O)C1CC1. The van der Waals surface area contributed by atoms with E-state index in [1.54, 1.807) is 0 Å². The molecule has 1 aliphatic rings. The van der Waals surface area contributed by atoms with E-state index in [1.807, 2.05) is 0 Å². The number of nitrogens with zero attached hydrogens (tertiary/aromatic N) is 1. The maximum absolute atomic E-state index is 12.4. The Morgan fingerprint density at radius 2 is 2.08 bits per heavy atom. The number of carbonyl (C=O) groups excluding carboxylic acids is 1. The zero-order valence-corrected chi connectivity index (χ0v) is 6.99. The molecule has 72 valence electrons. The van der Waals surface area contributed by atoms with Crippen LogP contribution in [0.15, 0.2) is 12.4 Å². The molecule has 0 heterocycles. The van der Waals surface area contributed by atoms with Crippen molar-refractivity contribution >= 4 is 11.9 Å². The number of amides is 1. The monoisotopic (exact) mass is 187 g/mol. The Kier molecular flexibility index (Phi) is 2.65. The van der Waals surface area contributed by atoms with Gasteiger partial charge in [-0.25, -0.2) is 4.39 Å². The Hall–Kier alpha value is -1.39. The zero-order chi connectivity index (χ0) is 10.0. The first-order chi connectivity index (χ1) is 6.02. The predicted octanol–water partition coefficient (Wildman–Crippen LogP) is 0.545. The first kappa shape index (κ1) is 9.70. The maximum atomic E-state index is 12.4. The Bertz CT molecular complexity index is 260. The number of carboxylic acid groups (broad SMARTS) is 1. The second-order valence-electron chi connectivity index (χ2n) is 2.96. The molecule has 0 aliphatic heterocycles. The molecule has 13 heavy (non-hydrogen) atoms. The molecule has 0 radical (unpaired) electrons. The molecule has 0 aromatic rings. The first-order valence-electron chi connectivity index (χ1n) is 3.89. The lowest BCUT2D eigenvalue weighted by Crippen LogP contribution is -2.37. The van der Waals surface area contributed by atoms with Crippen LogP contribution in [0, 0.1) is 0 Å². The van der Waals surface area contributed by atoms with Gasteiger partial charge in [0.05, 0.1) is 0 Å². The van der Waals surface area contributed by atoms with Crippen LogP contribution in [-0.2, 0) is 9.59 Å². The molecule has 0 spiro atoms. The van der Waals surface area contributed by atoms with Gasteiger partial charge in [-0.1, -0.05) is 6.58 Å². The van der Waals surface area contributed by atoms with E-state index in [0.717, 1.165) is 17.7 Å². The van der Waals surface area contributed by atoms with Crippen LogP contribution in [-0.4, -0.2) is 34.5 Å². The highest BCUT2D eigenvalue weighted by Crippen LogP contribution is 2.27. The second kappa shape index (κ2) is 3.55. The van der Waals surface area contributed by atoms with Crippen LogP contribution in [0.3, 0.4) is 0 Å². The van der Waals surface area contributed by atoms with E-state index in [1.165, 1.54) is 0 Å². The summed E-state index contributed by atoms with van der Waals surface area (Å²) in [4.78, 5) is 22.4. The molecule has 1 N–H and O–H groups in total. The molecule has 5 heteroatoms. The lowest BCUT2D eigenvalue weighted by Gasteiger charge is -2.18. The summed E-state index contributed by atoms with van der Waals surface area (Å²) in [7, 11) is 0. The maximum Gasteiger partial charge on any atom is 0.323 e. The van der Waals surface area contributed by atoms with E-state index in [-0.39, 0.29) is 6.04 Å². The van der Waals surface area contributed by atoms with Gasteiger partial charge >= 0.3 is 5.97 Å². The van der Waals surface area contributed by atoms with Gasteiger partial charge in [-0.05, 0) is 12.8 Å². The average molecular weight is 187 g/mol. The third-order valence-corrected chi connectivity index (χ3v) is 1.79. The van der Waals surface area contributed by atoms with Crippen LogP contribution in [0.5, 0.6) is 0 Å². The van der Waals surface area contributed by atoms with Gasteiger partial charge in [0.1, 0.15) is 6.54 Å². The molecule has 1 saturated carbocycles. The van der Waals surface area contributed by atoms with Crippen molar-refractivity contribution in [1.82, 2.24) is 4.90 Å². The summed E-state index contributed by atoms with van der Waals surface area (Å²) >= 11 is 0. The van der Waals surface area contributed by atoms with Gasteiger partial charge in [-0.2, -0.15) is 0 Å². The number of hydrogen-bond donors (Lipinski definition) is 1. The molecule has 0 bridgehead atoms. The number of aliphatic carboxylic acids is 1. The molecule has 0 saturated heterocycles. The van der Waals surface area contributed by atoms with Crippen molar-refractivity contribution in [3.63, 3.8) is 0 Å². The van der Waals surface area contributed by atoms with E-state index in [0.29, 0.717) is 0 Å². The minimum atomic E-state index is -1.14. The Morgan fingerprint density at radius 3 is 2.38 bits per heavy atom. The standard InChI is InChI=1S/C8H10FNO3/c1-5(9)8(13)10(4-7(11)12)6-2-3-6/h6H,1-4H2,(H,11,12). The molecule has 1 aliphatic carbocycles. The van der Waals surface area contributed by atoms with Gasteiger partial charge in [0, 0.05) is 6.04 Å². The smallest absolute Gasteiger partial charge is 0.323 e. The summed E-state index contributed by atoms with van der Waals surface area (Å²) in [5, 5.41) is 8.45. The van der Waals surface area contributed by atoms with Gasteiger partial charge in [0.2, 0.25) is 0 Å². The summed E-state index contributed by atoms with van der Waals surface area (Å²) in [5.74, 6) is -3.15. The van der Waals surface area contributed by atoms with Crippen LogP contribution in [0.1, 0.15) is 12.8 Å². The molecule has 0 aromatic heterocycles. The Balaban J connectivity index is 2.61. The molecule has 1 rings (SSSR count). The number of carbonyl (C=O) groups is 2. The number of rotatable bonds is 4. The van der Waals surface area contributed by atoms with Crippen LogP contribution >= 0.6 is 0 Å². The Labute approximate surface area is 74.6 Å². The lowest BCUT2D eigenvalue weighted by molar-refractivity contribution is -0.143. The van der Waals surface area contributed by atoms with Crippen molar-refractivity contribution in [1.29, 1.82) is 0 Å². The van der Waals surface area contributed by atoms with Crippen LogP contribution in [0.2, 0.25) is 0 Å². The van der Waals surface area contributed by atoms with Crippen molar-refractivity contribution in [3.05, 3.63) is 12.4 Å². The average Bonchev–Trinajstić information content (AvgIpc) is 2.80. The van der Waals surface area contributed by atoms with Gasteiger partial charge in [-0.15, -0.1) is 0 Å². The third kappa shape index (κ3) is 2.54. The van der Waals surface area contributed by atoms with E-state index in [9.17, 15) is 14.0 Å². The van der Waals surface area contributed by atoms with Gasteiger partial charge < -0.3 is 10.0 Å². The van der Waals surface area contributed by atoms with Crippen LogP contribution < -0.4 is 0 Å². The normalized spacial score (nSPS) is 15.2. The summed E-state index contributed by atoms with van der Waals surface area (Å²) in [6.45, 7) is 2.39. The van der Waals surface area contributed by atoms with Crippen molar-refractivity contribution in [2.75, 3.05) is 6.54 Å². The van der Waals surface area contributed by atoms with Crippen molar-refractivity contribution in [2.24, 2.45) is 0 Å². The number of carboxylic acids is 1. The van der Waals surface area contributed by atoms with E-state index in [4.69, 9.17) is 5.11 Å². The van der Waals surface area contributed by atoms with Crippen molar-refractivity contribution in [2.45, 2.75) is 18.9 Å². The van der Waals surface area contributed by atoms with E-state index >= 15 is 0 Å². The summed E-state index contributed by atoms with van der Waals surface area (Å²) in [5.41, 5.74) is 0. The highest BCUT2D eigenvalue weighted by atomic mass is 19.1. The number of hydrogen-bond acceptors (Lipinski definition) is 2. The highest BCUT2D eigenvalue weighted by Gasteiger charge is 2.34. The fourth-order valence-corrected chi connectivity index (χ4v) is 1.05. The molecule has 4 nitrogen and oxygen atoms in total. The molecule has 0 unspecified atom stereocenters. The number of halogens is 1. The quantitative estimate of drug-likeness (QED) is 0.653. The fraction of sp³-hybridized carbons (Fsp3) is 0.500. The molecule has 1 amide bonds.